The van der Waals surface area contributed by atoms with Crippen LogP contribution in [0.4, 0.5) is 0 Å². The summed E-state index contributed by atoms with van der Waals surface area (Å²) in [5.74, 6) is 0. The molecule has 0 amide bonds. The molecule has 5 nitrogen and oxygen atoms in total. The summed E-state index contributed by atoms with van der Waals surface area (Å²) >= 11 is 0. The molecule has 33 heavy (non-hydrogen) atoms. The van der Waals surface area contributed by atoms with Gasteiger partial charge in [-0.1, -0.05) is 54.6 Å². The first-order valence-corrected chi connectivity index (χ1v) is 10.5. The van der Waals surface area contributed by atoms with E-state index in [1.54, 1.807) is 0 Å². The van der Waals surface area contributed by atoms with Crippen molar-refractivity contribution in [2.45, 2.75) is 0 Å². The number of nitriles is 2. The minimum atomic E-state index is 0.0237. The van der Waals surface area contributed by atoms with Gasteiger partial charge < -0.3 is 4.42 Å². The molecule has 5 heteroatoms. The summed E-state index contributed by atoms with van der Waals surface area (Å²) in [5, 5.41) is 27.2. The molecule has 0 unspecified atom stereocenters. The summed E-state index contributed by atoms with van der Waals surface area (Å²) in [7, 11) is 0. The second-order valence-electron chi connectivity index (χ2n) is 8.04. The van der Waals surface area contributed by atoms with Crippen LogP contribution in [0.1, 0.15) is 11.4 Å². The summed E-state index contributed by atoms with van der Waals surface area (Å²) in [6.07, 6.45) is 0. The summed E-state index contributed by atoms with van der Waals surface area (Å²) in [6.45, 7) is 0. The number of furan rings is 1. The van der Waals surface area contributed by atoms with Gasteiger partial charge in [0.05, 0.1) is 11.0 Å². The smallest absolute Gasteiger partial charge is 0.177 e. The lowest BCUT2D eigenvalue weighted by Gasteiger charge is -2.12. The fourth-order valence-corrected chi connectivity index (χ4v) is 4.89. The molecular formula is C28H12N4O. The van der Waals surface area contributed by atoms with E-state index in [2.05, 4.69) is 46.4 Å². The van der Waals surface area contributed by atoms with E-state index in [9.17, 15) is 10.5 Å². The maximum absolute atomic E-state index is 9.61. The standard InChI is InChI=1S/C28H12N4O/c29-13-22-23(14-30)32-28-26-16-6-2-1-5-15(16)9-10-18(26)19-11-20-17-7-3-4-8-24(17)33-25(20)12-21(19)27(28)31-22/h1-12H. The third kappa shape index (κ3) is 2.28. The number of hydrogen-bond donors (Lipinski definition) is 0. The van der Waals surface area contributed by atoms with Gasteiger partial charge in [0.25, 0.3) is 0 Å². The van der Waals surface area contributed by atoms with Crippen LogP contribution in [-0.4, -0.2) is 9.97 Å². The molecule has 0 atom stereocenters. The average molecular weight is 420 g/mol. The predicted octanol–water partition coefficient (Wildman–Crippen LogP) is 6.73. The van der Waals surface area contributed by atoms with Gasteiger partial charge >= 0.3 is 0 Å². The number of aromatic nitrogens is 2. The third-order valence-electron chi connectivity index (χ3n) is 6.34. The van der Waals surface area contributed by atoms with Crippen molar-refractivity contribution in [3.8, 4) is 12.1 Å². The first-order valence-electron chi connectivity index (χ1n) is 10.5. The van der Waals surface area contributed by atoms with Gasteiger partial charge in [-0.05, 0) is 39.7 Å². The highest BCUT2D eigenvalue weighted by Gasteiger charge is 2.19. The van der Waals surface area contributed by atoms with Crippen LogP contribution in [0.25, 0.3) is 65.3 Å². The molecule has 0 N–H and O–H groups in total. The Morgan fingerprint density at radius 1 is 0.576 bits per heavy atom. The van der Waals surface area contributed by atoms with Crippen LogP contribution in [0.15, 0.2) is 77.2 Å². The molecule has 2 heterocycles. The van der Waals surface area contributed by atoms with E-state index in [0.29, 0.717) is 11.0 Å². The molecule has 0 aliphatic carbocycles. The van der Waals surface area contributed by atoms with E-state index in [1.807, 2.05) is 48.5 Å². The summed E-state index contributed by atoms with van der Waals surface area (Å²) in [4.78, 5) is 9.26. The fourth-order valence-electron chi connectivity index (χ4n) is 4.89. The number of fused-ring (bicyclic) bond motifs is 11. The normalized spacial score (nSPS) is 11.6. The SMILES string of the molecule is N#Cc1nc2c3cc4oc5ccccc5c4cc3c3ccc4ccccc4c3c2nc1C#N. The van der Waals surface area contributed by atoms with E-state index >= 15 is 0 Å². The van der Waals surface area contributed by atoms with Crippen molar-refractivity contribution >= 4 is 65.3 Å². The minimum absolute atomic E-state index is 0.0237. The largest absolute Gasteiger partial charge is 0.456 e. The van der Waals surface area contributed by atoms with Crippen LogP contribution in [0, 0.1) is 22.7 Å². The van der Waals surface area contributed by atoms with Gasteiger partial charge in [0.15, 0.2) is 11.4 Å². The van der Waals surface area contributed by atoms with Gasteiger partial charge in [0.1, 0.15) is 23.3 Å². The van der Waals surface area contributed by atoms with Crippen molar-refractivity contribution in [1.82, 2.24) is 9.97 Å². The van der Waals surface area contributed by atoms with Gasteiger partial charge in [-0.15, -0.1) is 0 Å². The Hall–Kier alpha value is -5.00. The average Bonchev–Trinajstić information content (AvgIpc) is 3.24. The van der Waals surface area contributed by atoms with Crippen LogP contribution in [0.2, 0.25) is 0 Å². The first kappa shape index (κ1) is 17.7. The molecule has 2 aromatic heterocycles. The topological polar surface area (TPSA) is 86.5 Å². The van der Waals surface area contributed by atoms with Crippen LogP contribution in [0.3, 0.4) is 0 Å². The number of benzene rings is 5. The number of rotatable bonds is 0. The zero-order valence-electron chi connectivity index (χ0n) is 17.1. The minimum Gasteiger partial charge on any atom is -0.456 e. The van der Waals surface area contributed by atoms with Gasteiger partial charge in [0, 0.05) is 21.5 Å². The molecule has 0 bridgehead atoms. The maximum atomic E-state index is 9.61. The molecule has 7 rings (SSSR count). The van der Waals surface area contributed by atoms with E-state index in [-0.39, 0.29) is 11.4 Å². The lowest BCUT2D eigenvalue weighted by Crippen LogP contribution is -1.98. The second kappa shape index (κ2) is 6.26. The van der Waals surface area contributed by atoms with Crippen molar-refractivity contribution < 1.29 is 4.42 Å². The molecule has 0 aliphatic heterocycles. The lowest BCUT2D eigenvalue weighted by molar-refractivity contribution is 0.669. The molecule has 7 aromatic rings. The highest BCUT2D eigenvalue weighted by atomic mass is 16.3. The van der Waals surface area contributed by atoms with E-state index in [1.165, 1.54) is 0 Å². The van der Waals surface area contributed by atoms with Crippen molar-refractivity contribution in [1.29, 1.82) is 10.5 Å². The number of para-hydroxylation sites is 1. The maximum Gasteiger partial charge on any atom is 0.177 e. The van der Waals surface area contributed by atoms with Crippen molar-refractivity contribution in [2.75, 3.05) is 0 Å². The van der Waals surface area contributed by atoms with Crippen LogP contribution in [-0.2, 0) is 0 Å². The molecule has 150 valence electrons. The zero-order chi connectivity index (χ0) is 22.1. The zero-order valence-corrected chi connectivity index (χ0v) is 17.1. The molecule has 0 saturated carbocycles. The lowest BCUT2D eigenvalue weighted by atomic mass is 9.94. The van der Waals surface area contributed by atoms with Crippen molar-refractivity contribution in [3.63, 3.8) is 0 Å². The van der Waals surface area contributed by atoms with Gasteiger partial charge in [-0.2, -0.15) is 10.5 Å². The van der Waals surface area contributed by atoms with Crippen molar-refractivity contribution in [3.05, 3.63) is 84.2 Å². The predicted molar refractivity (Wildman–Crippen MR) is 129 cm³/mol. The molecule has 5 aromatic carbocycles. The molecular weight excluding hydrogens is 408 g/mol. The Labute approximate surface area is 186 Å². The Morgan fingerprint density at radius 2 is 1.30 bits per heavy atom. The highest BCUT2D eigenvalue weighted by molar-refractivity contribution is 6.31. The molecule has 0 fully saturated rings. The van der Waals surface area contributed by atoms with E-state index in [0.717, 1.165) is 54.3 Å². The summed E-state index contributed by atoms with van der Waals surface area (Å²) < 4.78 is 6.13. The monoisotopic (exact) mass is 420 g/mol. The second-order valence-corrected chi connectivity index (χ2v) is 8.04. The number of nitrogens with zero attached hydrogens (tertiary/aromatic N) is 4. The van der Waals surface area contributed by atoms with E-state index < -0.39 is 0 Å². The Bertz CT molecular complexity index is 2060. The molecule has 0 aliphatic rings. The van der Waals surface area contributed by atoms with Crippen molar-refractivity contribution in [2.24, 2.45) is 0 Å². The Balaban J connectivity index is 1.83. The van der Waals surface area contributed by atoms with E-state index in [4.69, 9.17) is 4.42 Å². The van der Waals surface area contributed by atoms with Gasteiger partial charge in [-0.25, -0.2) is 9.97 Å². The third-order valence-corrected chi connectivity index (χ3v) is 6.34. The quantitative estimate of drug-likeness (QED) is 0.254. The highest BCUT2D eigenvalue weighted by Crippen LogP contribution is 2.41. The van der Waals surface area contributed by atoms with Gasteiger partial charge in [-0.3, -0.25) is 0 Å². The molecule has 0 spiro atoms. The Kier molecular flexibility index (Phi) is 3.35. The summed E-state index contributed by atoms with van der Waals surface area (Å²) in [6, 6.07) is 28.4. The number of hydrogen-bond acceptors (Lipinski definition) is 5. The van der Waals surface area contributed by atoms with Crippen LogP contribution >= 0.6 is 0 Å². The summed E-state index contributed by atoms with van der Waals surface area (Å²) in [5.41, 5.74) is 2.82. The van der Waals surface area contributed by atoms with Gasteiger partial charge in [0.2, 0.25) is 0 Å². The first-order chi connectivity index (χ1) is 16.3. The molecule has 0 saturated heterocycles. The Morgan fingerprint density at radius 3 is 2.12 bits per heavy atom. The fraction of sp³-hybridized carbons (Fsp3) is 0. The van der Waals surface area contributed by atoms with Crippen LogP contribution < -0.4 is 0 Å². The molecule has 0 radical (unpaired) electrons. The van der Waals surface area contributed by atoms with Crippen LogP contribution in [0.5, 0.6) is 0 Å².